The second-order valence-corrected chi connectivity index (χ2v) is 7.22. The Morgan fingerprint density at radius 3 is 2.38 bits per heavy atom. The number of carbonyl (C=O) groups is 2. The summed E-state index contributed by atoms with van der Waals surface area (Å²) in [6, 6.07) is -0.317. The Hall–Kier alpha value is -1.56. The number of hydrogen-bond acceptors (Lipinski definition) is 3. The molecule has 0 spiro atoms. The number of urea groups is 1. The lowest BCUT2D eigenvalue weighted by Crippen LogP contribution is -2.48. The summed E-state index contributed by atoms with van der Waals surface area (Å²) < 4.78 is 0. The predicted molar refractivity (Wildman–Crippen MR) is 84.4 cm³/mol. The van der Waals surface area contributed by atoms with Crippen LogP contribution in [0.15, 0.2) is 0 Å². The maximum Gasteiger partial charge on any atom is 0.338 e. The third-order valence-corrected chi connectivity index (χ3v) is 5.32. The Kier molecular flexibility index (Phi) is 4.56. The monoisotopic (exact) mass is 310 g/mol. The minimum atomic E-state index is -1.00. The maximum atomic E-state index is 12.2. The van der Waals surface area contributed by atoms with Crippen LogP contribution in [-0.2, 0) is 0 Å². The number of rotatable bonds is 3. The van der Waals surface area contributed by atoms with Crippen LogP contribution in [0.2, 0.25) is 0 Å². The molecular formula is C15H22N2O3S. The number of carboxylic acid groups (broad SMARTS) is 1. The van der Waals surface area contributed by atoms with Gasteiger partial charge in [0.15, 0.2) is 0 Å². The highest BCUT2D eigenvalue weighted by Gasteiger charge is 2.29. The SMILES string of the molecule is Cc1sc(NC(=O)NC2(C)CCCCC2)c(C(=O)O)c1C. The van der Waals surface area contributed by atoms with E-state index in [4.69, 9.17) is 0 Å². The Bertz CT molecular complexity index is 560. The molecule has 0 aromatic carbocycles. The van der Waals surface area contributed by atoms with Gasteiger partial charge in [0.05, 0.1) is 5.56 Å². The normalized spacial score (nSPS) is 17.3. The van der Waals surface area contributed by atoms with Crippen LogP contribution in [0.25, 0.3) is 0 Å². The summed E-state index contributed by atoms with van der Waals surface area (Å²) in [5.41, 5.74) is 0.723. The van der Waals surface area contributed by atoms with Crippen molar-refractivity contribution in [2.45, 2.75) is 58.4 Å². The molecule has 1 saturated carbocycles. The zero-order valence-electron chi connectivity index (χ0n) is 12.7. The Balaban J connectivity index is 2.09. The molecule has 0 unspecified atom stereocenters. The Labute approximate surface area is 128 Å². The van der Waals surface area contributed by atoms with E-state index in [9.17, 15) is 14.7 Å². The van der Waals surface area contributed by atoms with E-state index in [2.05, 4.69) is 17.6 Å². The molecule has 0 atom stereocenters. The van der Waals surface area contributed by atoms with E-state index in [-0.39, 0.29) is 17.1 Å². The van der Waals surface area contributed by atoms with E-state index in [1.165, 1.54) is 17.8 Å². The summed E-state index contributed by atoms with van der Waals surface area (Å²) in [6.45, 7) is 5.67. The summed E-state index contributed by atoms with van der Waals surface area (Å²) in [7, 11) is 0. The third kappa shape index (κ3) is 3.56. The first-order valence-electron chi connectivity index (χ1n) is 7.25. The molecule has 0 radical (unpaired) electrons. The van der Waals surface area contributed by atoms with Crippen molar-refractivity contribution in [1.29, 1.82) is 0 Å². The smallest absolute Gasteiger partial charge is 0.338 e. The largest absolute Gasteiger partial charge is 0.478 e. The number of carboxylic acids is 1. The molecule has 2 amide bonds. The van der Waals surface area contributed by atoms with Crippen molar-refractivity contribution in [3.8, 4) is 0 Å². The van der Waals surface area contributed by atoms with E-state index in [1.807, 2.05) is 6.92 Å². The molecule has 1 aliphatic carbocycles. The van der Waals surface area contributed by atoms with Crippen LogP contribution in [-0.4, -0.2) is 22.6 Å². The van der Waals surface area contributed by atoms with Crippen molar-refractivity contribution >= 4 is 28.3 Å². The van der Waals surface area contributed by atoms with Gasteiger partial charge in [-0.05, 0) is 39.2 Å². The van der Waals surface area contributed by atoms with Crippen LogP contribution in [0.1, 0.15) is 59.8 Å². The molecule has 1 heterocycles. The van der Waals surface area contributed by atoms with Crippen LogP contribution in [0, 0.1) is 13.8 Å². The first-order valence-corrected chi connectivity index (χ1v) is 8.06. The third-order valence-electron chi connectivity index (χ3n) is 4.20. The summed E-state index contributed by atoms with van der Waals surface area (Å²) >= 11 is 1.31. The maximum absolute atomic E-state index is 12.2. The van der Waals surface area contributed by atoms with Crippen LogP contribution in [0.3, 0.4) is 0 Å². The molecule has 5 nitrogen and oxygen atoms in total. The molecule has 116 valence electrons. The molecule has 21 heavy (non-hydrogen) atoms. The van der Waals surface area contributed by atoms with Gasteiger partial charge in [0.2, 0.25) is 0 Å². The Morgan fingerprint density at radius 2 is 1.81 bits per heavy atom. The number of thiophene rings is 1. The molecule has 0 aliphatic heterocycles. The number of aryl methyl sites for hydroxylation is 1. The van der Waals surface area contributed by atoms with Crippen molar-refractivity contribution in [2.24, 2.45) is 0 Å². The zero-order valence-corrected chi connectivity index (χ0v) is 13.5. The molecule has 1 aliphatic rings. The molecule has 1 aromatic rings. The van der Waals surface area contributed by atoms with Gasteiger partial charge in [-0.3, -0.25) is 5.32 Å². The second kappa shape index (κ2) is 6.05. The van der Waals surface area contributed by atoms with Crippen LogP contribution in [0.4, 0.5) is 9.80 Å². The summed E-state index contributed by atoms with van der Waals surface area (Å²) in [5.74, 6) is -1.00. The van der Waals surface area contributed by atoms with Gasteiger partial charge < -0.3 is 10.4 Å². The van der Waals surface area contributed by atoms with Crippen LogP contribution in [0.5, 0.6) is 0 Å². The molecule has 2 rings (SSSR count). The van der Waals surface area contributed by atoms with Crippen LogP contribution < -0.4 is 10.6 Å². The number of hydrogen-bond donors (Lipinski definition) is 3. The fraction of sp³-hybridized carbons (Fsp3) is 0.600. The minimum absolute atomic E-state index is 0.187. The summed E-state index contributed by atoms with van der Waals surface area (Å²) in [5, 5.41) is 15.4. The highest BCUT2D eigenvalue weighted by atomic mass is 32.1. The lowest BCUT2D eigenvalue weighted by Gasteiger charge is -2.34. The highest BCUT2D eigenvalue weighted by molar-refractivity contribution is 7.16. The van der Waals surface area contributed by atoms with Gasteiger partial charge >= 0.3 is 12.0 Å². The number of nitrogens with one attached hydrogen (secondary N) is 2. The van der Waals surface area contributed by atoms with Gasteiger partial charge in [-0.1, -0.05) is 19.3 Å². The van der Waals surface area contributed by atoms with Gasteiger partial charge in [0.1, 0.15) is 5.00 Å². The molecule has 1 fully saturated rings. The quantitative estimate of drug-likeness (QED) is 0.792. The Morgan fingerprint density at radius 1 is 1.19 bits per heavy atom. The van der Waals surface area contributed by atoms with Gasteiger partial charge in [0, 0.05) is 10.4 Å². The topological polar surface area (TPSA) is 78.4 Å². The molecule has 3 N–H and O–H groups in total. The van der Waals surface area contributed by atoms with Crippen molar-refractivity contribution in [1.82, 2.24) is 5.32 Å². The number of aromatic carboxylic acids is 1. The highest BCUT2D eigenvalue weighted by Crippen LogP contribution is 2.33. The van der Waals surface area contributed by atoms with Gasteiger partial charge in [-0.15, -0.1) is 11.3 Å². The van der Waals surface area contributed by atoms with Crippen molar-refractivity contribution in [3.05, 3.63) is 16.0 Å². The lowest BCUT2D eigenvalue weighted by atomic mass is 9.83. The van der Waals surface area contributed by atoms with Crippen molar-refractivity contribution in [3.63, 3.8) is 0 Å². The number of anilines is 1. The van der Waals surface area contributed by atoms with Gasteiger partial charge in [0.25, 0.3) is 0 Å². The molecular weight excluding hydrogens is 288 g/mol. The lowest BCUT2D eigenvalue weighted by molar-refractivity contribution is 0.0697. The number of amides is 2. The summed E-state index contributed by atoms with van der Waals surface area (Å²) in [6.07, 6.45) is 5.39. The average molecular weight is 310 g/mol. The van der Waals surface area contributed by atoms with Crippen LogP contribution >= 0.6 is 11.3 Å². The summed E-state index contributed by atoms with van der Waals surface area (Å²) in [4.78, 5) is 24.4. The van der Waals surface area contributed by atoms with Crippen molar-refractivity contribution < 1.29 is 14.7 Å². The molecule has 0 bridgehead atoms. The predicted octanol–water partition coefficient (Wildman–Crippen LogP) is 3.91. The van der Waals surface area contributed by atoms with E-state index >= 15 is 0 Å². The van der Waals surface area contributed by atoms with E-state index in [1.54, 1.807) is 6.92 Å². The molecule has 6 heteroatoms. The molecule has 0 saturated heterocycles. The van der Waals surface area contributed by atoms with E-state index in [0.717, 1.165) is 30.6 Å². The van der Waals surface area contributed by atoms with E-state index < -0.39 is 5.97 Å². The number of carbonyl (C=O) groups excluding carboxylic acids is 1. The fourth-order valence-electron chi connectivity index (χ4n) is 2.84. The van der Waals surface area contributed by atoms with Gasteiger partial charge in [-0.25, -0.2) is 9.59 Å². The van der Waals surface area contributed by atoms with E-state index in [0.29, 0.717) is 10.6 Å². The minimum Gasteiger partial charge on any atom is -0.478 e. The first kappa shape index (κ1) is 15.8. The van der Waals surface area contributed by atoms with Crippen molar-refractivity contribution in [2.75, 3.05) is 5.32 Å². The second-order valence-electron chi connectivity index (χ2n) is 5.99. The first-order chi connectivity index (χ1) is 9.82. The fourth-order valence-corrected chi connectivity index (χ4v) is 3.89. The average Bonchev–Trinajstić information content (AvgIpc) is 2.64. The van der Waals surface area contributed by atoms with Gasteiger partial charge in [-0.2, -0.15) is 0 Å². The standard InChI is InChI=1S/C15H22N2O3S/c1-9-10(2)21-12(11(9)13(18)19)16-14(20)17-15(3)7-5-4-6-8-15/h4-8H2,1-3H3,(H,18,19)(H2,16,17,20). The zero-order chi connectivity index (χ0) is 15.6. The molecule has 1 aromatic heterocycles.